The van der Waals surface area contributed by atoms with E-state index in [0.717, 1.165) is 24.8 Å². The van der Waals surface area contributed by atoms with Crippen LogP contribution in [0.25, 0.3) is 0 Å². The molecule has 154 valence electrons. The number of aryl methyl sites for hydroxylation is 1. The molecule has 0 N–H and O–H groups in total. The van der Waals surface area contributed by atoms with E-state index in [-0.39, 0.29) is 22.0 Å². The minimum absolute atomic E-state index is 0.0875. The van der Waals surface area contributed by atoms with Crippen LogP contribution < -0.4 is 0 Å². The minimum atomic E-state index is -3.94. The lowest BCUT2D eigenvalue weighted by molar-refractivity contribution is 0.191. The molecule has 0 unspecified atom stereocenters. The highest BCUT2D eigenvalue weighted by Gasteiger charge is 2.24. The SMILES string of the molecule is CCCCC[C@H](CCS(=O)(=O)c1ccccc1)OS(=O)(=O)c1ccc(C)cc1. The number of rotatable bonds is 11. The molecular weight excluding hydrogens is 396 g/mol. The Hall–Kier alpha value is -1.70. The zero-order valence-corrected chi connectivity index (χ0v) is 18.0. The van der Waals surface area contributed by atoms with Gasteiger partial charge in [-0.2, -0.15) is 8.42 Å². The molecule has 0 aliphatic rings. The maximum Gasteiger partial charge on any atom is 0.297 e. The molecular formula is C21H28O5S2. The molecule has 2 aromatic carbocycles. The van der Waals surface area contributed by atoms with E-state index in [4.69, 9.17) is 4.18 Å². The first-order chi connectivity index (χ1) is 13.2. The molecule has 0 aliphatic heterocycles. The Kier molecular flexibility index (Phi) is 8.22. The monoisotopic (exact) mass is 424 g/mol. The van der Waals surface area contributed by atoms with E-state index >= 15 is 0 Å². The van der Waals surface area contributed by atoms with Crippen molar-refractivity contribution in [3.05, 3.63) is 60.2 Å². The predicted octanol–water partition coefficient (Wildman–Crippen LogP) is 4.51. The average Bonchev–Trinajstić information content (AvgIpc) is 2.67. The molecule has 2 aromatic rings. The summed E-state index contributed by atoms with van der Waals surface area (Å²) < 4.78 is 55.7. The molecule has 7 heteroatoms. The van der Waals surface area contributed by atoms with Crippen LogP contribution in [0.4, 0.5) is 0 Å². The molecule has 0 amide bonds. The second-order valence-electron chi connectivity index (χ2n) is 6.90. The molecule has 0 heterocycles. The fourth-order valence-corrected chi connectivity index (χ4v) is 5.35. The van der Waals surface area contributed by atoms with Gasteiger partial charge in [-0.25, -0.2) is 8.42 Å². The molecule has 1 atom stereocenters. The van der Waals surface area contributed by atoms with E-state index in [2.05, 4.69) is 6.92 Å². The molecule has 5 nitrogen and oxygen atoms in total. The number of hydrogen-bond acceptors (Lipinski definition) is 5. The Morgan fingerprint density at radius 3 is 2.07 bits per heavy atom. The van der Waals surface area contributed by atoms with Crippen LogP contribution in [0.15, 0.2) is 64.4 Å². The van der Waals surface area contributed by atoms with E-state index in [0.29, 0.717) is 6.42 Å². The molecule has 2 rings (SSSR count). The van der Waals surface area contributed by atoms with Crippen LogP contribution in [0.3, 0.4) is 0 Å². The van der Waals surface area contributed by atoms with Crippen LogP contribution in [0.2, 0.25) is 0 Å². The lowest BCUT2D eigenvalue weighted by Crippen LogP contribution is -2.22. The Morgan fingerprint density at radius 1 is 0.821 bits per heavy atom. The summed E-state index contributed by atoms with van der Waals surface area (Å²) in [5.41, 5.74) is 0.951. The van der Waals surface area contributed by atoms with Crippen molar-refractivity contribution in [2.24, 2.45) is 0 Å². The third-order valence-corrected chi connectivity index (χ3v) is 7.65. The van der Waals surface area contributed by atoms with Crippen LogP contribution >= 0.6 is 0 Å². The van der Waals surface area contributed by atoms with Crippen molar-refractivity contribution in [1.82, 2.24) is 0 Å². The van der Waals surface area contributed by atoms with E-state index in [9.17, 15) is 16.8 Å². The van der Waals surface area contributed by atoms with Gasteiger partial charge >= 0.3 is 0 Å². The molecule has 0 spiro atoms. The van der Waals surface area contributed by atoms with E-state index in [1.165, 1.54) is 12.1 Å². The fourth-order valence-electron chi connectivity index (χ4n) is 2.83. The van der Waals surface area contributed by atoms with Gasteiger partial charge in [0.05, 0.1) is 21.6 Å². The molecule has 0 bridgehead atoms. The number of benzene rings is 2. The first-order valence-corrected chi connectivity index (χ1v) is 12.6. The lowest BCUT2D eigenvalue weighted by Gasteiger charge is -2.18. The summed E-state index contributed by atoms with van der Waals surface area (Å²) in [6.07, 6.45) is 2.68. The van der Waals surface area contributed by atoms with Crippen molar-refractivity contribution in [3.63, 3.8) is 0 Å². The Labute approximate surface area is 168 Å². The first-order valence-electron chi connectivity index (χ1n) is 9.52. The van der Waals surface area contributed by atoms with Gasteiger partial charge < -0.3 is 0 Å². The third-order valence-electron chi connectivity index (χ3n) is 4.51. The highest BCUT2D eigenvalue weighted by molar-refractivity contribution is 7.91. The largest absolute Gasteiger partial charge is 0.297 e. The van der Waals surface area contributed by atoms with Crippen molar-refractivity contribution in [2.45, 2.75) is 61.8 Å². The van der Waals surface area contributed by atoms with Gasteiger partial charge in [-0.05, 0) is 44.0 Å². The Morgan fingerprint density at radius 2 is 1.46 bits per heavy atom. The van der Waals surface area contributed by atoms with Crippen LogP contribution in [-0.2, 0) is 24.1 Å². The minimum Gasteiger partial charge on any atom is -0.263 e. The molecule has 0 radical (unpaired) electrons. The number of hydrogen-bond donors (Lipinski definition) is 0. The van der Waals surface area contributed by atoms with Gasteiger partial charge in [-0.3, -0.25) is 4.18 Å². The van der Waals surface area contributed by atoms with E-state index in [1.807, 2.05) is 6.92 Å². The van der Waals surface area contributed by atoms with Gasteiger partial charge in [0.2, 0.25) is 0 Å². The average molecular weight is 425 g/mol. The molecule has 0 saturated carbocycles. The highest BCUT2D eigenvalue weighted by atomic mass is 32.2. The zero-order valence-electron chi connectivity index (χ0n) is 16.4. The maximum atomic E-state index is 12.6. The van der Waals surface area contributed by atoms with Gasteiger partial charge in [-0.15, -0.1) is 0 Å². The van der Waals surface area contributed by atoms with Gasteiger partial charge in [-0.1, -0.05) is 62.1 Å². The Bertz CT molecular complexity index is 934. The first kappa shape index (κ1) is 22.6. The summed E-state index contributed by atoms with van der Waals surface area (Å²) in [6, 6.07) is 14.6. The standard InChI is InChI=1S/C21H28O5S2/c1-3-4-6-9-19(16-17-27(22,23)20-10-7-5-8-11-20)26-28(24,25)21-14-12-18(2)13-15-21/h5,7-8,10-15,19H,3-4,6,9,16-17H2,1-2H3/t19-/m1/s1. The second-order valence-corrected chi connectivity index (χ2v) is 10.6. The molecule has 28 heavy (non-hydrogen) atoms. The third kappa shape index (κ3) is 6.72. The fraction of sp³-hybridized carbons (Fsp3) is 0.429. The summed E-state index contributed by atoms with van der Waals surface area (Å²) in [4.78, 5) is 0.327. The van der Waals surface area contributed by atoms with Crippen molar-refractivity contribution in [3.8, 4) is 0 Å². The van der Waals surface area contributed by atoms with Crippen molar-refractivity contribution >= 4 is 20.0 Å². The van der Waals surface area contributed by atoms with Gasteiger partial charge in [0, 0.05) is 0 Å². The second kappa shape index (κ2) is 10.2. The number of sulfone groups is 1. The smallest absolute Gasteiger partial charge is 0.263 e. The summed E-state index contributed by atoms with van der Waals surface area (Å²) in [6.45, 7) is 3.93. The van der Waals surface area contributed by atoms with Crippen molar-refractivity contribution in [2.75, 3.05) is 5.75 Å². The van der Waals surface area contributed by atoms with E-state index < -0.39 is 26.1 Å². The molecule has 0 aromatic heterocycles. The van der Waals surface area contributed by atoms with Crippen LogP contribution in [0.5, 0.6) is 0 Å². The molecule has 0 fully saturated rings. The summed E-state index contributed by atoms with van der Waals surface area (Å²) in [5.74, 6) is -0.156. The zero-order chi connectivity index (χ0) is 20.6. The molecule has 0 aliphatic carbocycles. The van der Waals surface area contributed by atoms with Gasteiger partial charge in [0.25, 0.3) is 10.1 Å². The highest BCUT2D eigenvalue weighted by Crippen LogP contribution is 2.21. The van der Waals surface area contributed by atoms with Crippen LogP contribution in [-0.4, -0.2) is 28.7 Å². The van der Waals surface area contributed by atoms with Gasteiger partial charge in [0.15, 0.2) is 9.84 Å². The summed E-state index contributed by atoms with van der Waals surface area (Å²) in [5, 5.41) is 0. The van der Waals surface area contributed by atoms with Crippen LogP contribution in [0.1, 0.15) is 44.6 Å². The normalized spacial score (nSPS) is 13.4. The van der Waals surface area contributed by atoms with Crippen LogP contribution in [0, 0.1) is 6.92 Å². The summed E-state index contributed by atoms with van der Waals surface area (Å²) in [7, 11) is -7.43. The molecule has 0 saturated heterocycles. The number of unbranched alkanes of at least 4 members (excludes halogenated alkanes) is 2. The quantitative estimate of drug-likeness (QED) is 0.392. The lowest BCUT2D eigenvalue weighted by atomic mass is 10.1. The van der Waals surface area contributed by atoms with Crippen molar-refractivity contribution in [1.29, 1.82) is 0 Å². The van der Waals surface area contributed by atoms with E-state index in [1.54, 1.807) is 42.5 Å². The van der Waals surface area contributed by atoms with Crippen molar-refractivity contribution < 1.29 is 21.0 Å². The Balaban J connectivity index is 2.12. The maximum absolute atomic E-state index is 12.6. The summed E-state index contributed by atoms with van der Waals surface area (Å²) >= 11 is 0. The topological polar surface area (TPSA) is 77.5 Å². The predicted molar refractivity (Wildman–Crippen MR) is 110 cm³/mol. The van der Waals surface area contributed by atoms with Gasteiger partial charge in [0.1, 0.15) is 0 Å².